The van der Waals surface area contributed by atoms with Crippen LogP contribution >= 0.6 is 11.6 Å². The summed E-state index contributed by atoms with van der Waals surface area (Å²) in [7, 11) is 0. The van der Waals surface area contributed by atoms with Crippen molar-refractivity contribution in [3.8, 4) is 0 Å². The molecule has 0 saturated carbocycles. The first kappa shape index (κ1) is 17.5. The van der Waals surface area contributed by atoms with E-state index in [1.165, 1.54) is 0 Å². The summed E-state index contributed by atoms with van der Waals surface area (Å²) >= 11 is 6.11. The molecule has 25 heavy (non-hydrogen) atoms. The van der Waals surface area contributed by atoms with Crippen molar-refractivity contribution in [2.24, 2.45) is 0 Å². The van der Waals surface area contributed by atoms with Gasteiger partial charge in [-0.2, -0.15) is 0 Å². The quantitative estimate of drug-likeness (QED) is 0.818. The number of urea groups is 1. The first-order chi connectivity index (χ1) is 12.0. The third kappa shape index (κ3) is 3.04. The second-order valence-electron chi connectivity index (χ2n) is 6.39. The summed E-state index contributed by atoms with van der Waals surface area (Å²) in [6.07, 6.45) is 2.53. The van der Waals surface area contributed by atoms with E-state index < -0.39 is 6.04 Å². The molecule has 2 atom stereocenters. The predicted octanol–water partition coefficient (Wildman–Crippen LogP) is 3.49. The second-order valence-corrected chi connectivity index (χ2v) is 6.82. The van der Waals surface area contributed by atoms with Gasteiger partial charge in [-0.3, -0.25) is 9.69 Å². The number of nitrogens with zero attached hydrogens (tertiary/aromatic N) is 2. The van der Waals surface area contributed by atoms with E-state index in [4.69, 9.17) is 11.6 Å². The maximum Gasteiger partial charge on any atom is 0.322 e. The summed E-state index contributed by atoms with van der Waals surface area (Å²) in [5.74, 6) is -0.0246. The smallest absolute Gasteiger partial charge is 0.322 e. The molecule has 0 aromatic heterocycles. The zero-order valence-electron chi connectivity index (χ0n) is 14.5. The Hall–Kier alpha value is -2.27. The largest absolute Gasteiger partial charge is 0.330 e. The topological polar surface area (TPSA) is 52.7 Å². The molecule has 0 spiro atoms. The molecule has 5 nitrogen and oxygen atoms in total. The number of hydrogen-bond donors (Lipinski definition) is 1. The average molecular weight is 360 g/mol. The van der Waals surface area contributed by atoms with Gasteiger partial charge in [0.2, 0.25) is 0 Å². The highest BCUT2D eigenvalue weighted by molar-refractivity contribution is 6.30. The second kappa shape index (κ2) is 6.92. The summed E-state index contributed by atoms with van der Waals surface area (Å²) in [6, 6.07) is 6.68. The van der Waals surface area contributed by atoms with E-state index in [0.717, 1.165) is 17.7 Å². The molecule has 0 radical (unpaired) electrons. The van der Waals surface area contributed by atoms with Crippen LogP contribution in [-0.2, 0) is 4.79 Å². The van der Waals surface area contributed by atoms with Crippen LogP contribution in [0.15, 0.2) is 48.2 Å². The monoisotopic (exact) mass is 359 g/mol. The van der Waals surface area contributed by atoms with E-state index in [2.05, 4.69) is 18.8 Å². The molecule has 1 aromatic carbocycles. The maximum atomic E-state index is 13.1. The Morgan fingerprint density at radius 2 is 2.20 bits per heavy atom. The Morgan fingerprint density at radius 1 is 1.44 bits per heavy atom. The van der Waals surface area contributed by atoms with E-state index in [-0.39, 0.29) is 18.0 Å². The van der Waals surface area contributed by atoms with Crippen molar-refractivity contribution in [1.82, 2.24) is 15.1 Å². The number of carbonyl (C=O) groups is 2. The van der Waals surface area contributed by atoms with Crippen LogP contribution in [0.5, 0.6) is 0 Å². The number of nitrogens with one attached hydrogen (secondary N) is 1. The van der Waals surface area contributed by atoms with Crippen LogP contribution in [0.1, 0.15) is 31.9 Å². The van der Waals surface area contributed by atoms with Gasteiger partial charge >= 0.3 is 6.03 Å². The zero-order valence-corrected chi connectivity index (χ0v) is 15.2. The minimum Gasteiger partial charge on any atom is -0.330 e. The van der Waals surface area contributed by atoms with E-state index in [0.29, 0.717) is 23.7 Å². The lowest BCUT2D eigenvalue weighted by Gasteiger charge is -2.33. The Kier molecular flexibility index (Phi) is 4.86. The fourth-order valence-corrected chi connectivity index (χ4v) is 3.55. The fourth-order valence-electron chi connectivity index (χ4n) is 3.35. The third-order valence-corrected chi connectivity index (χ3v) is 5.10. The van der Waals surface area contributed by atoms with Gasteiger partial charge in [-0.25, -0.2) is 4.79 Å². The lowest BCUT2D eigenvalue weighted by atomic mass is 9.95. The first-order valence-corrected chi connectivity index (χ1v) is 8.84. The number of hydrogen-bond acceptors (Lipinski definition) is 2. The lowest BCUT2D eigenvalue weighted by molar-refractivity contribution is -0.127. The van der Waals surface area contributed by atoms with Crippen LogP contribution in [0.25, 0.3) is 0 Å². The van der Waals surface area contributed by atoms with Crippen LogP contribution in [0, 0.1) is 0 Å². The predicted molar refractivity (Wildman–Crippen MR) is 98.1 cm³/mol. The van der Waals surface area contributed by atoms with Crippen molar-refractivity contribution in [2.45, 2.75) is 32.4 Å². The van der Waals surface area contributed by atoms with Crippen LogP contribution in [0.4, 0.5) is 4.79 Å². The van der Waals surface area contributed by atoms with Gasteiger partial charge in [-0.1, -0.05) is 36.7 Å². The van der Waals surface area contributed by atoms with Crippen molar-refractivity contribution >= 4 is 23.5 Å². The minimum atomic E-state index is -0.483. The number of halogens is 1. The van der Waals surface area contributed by atoms with Crippen molar-refractivity contribution < 1.29 is 9.59 Å². The van der Waals surface area contributed by atoms with Crippen LogP contribution in [-0.4, -0.2) is 40.9 Å². The molecule has 2 aliphatic heterocycles. The van der Waals surface area contributed by atoms with Crippen LogP contribution < -0.4 is 5.32 Å². The molecule has 0 unspecified atom stereocenters. The highest BCUT2D eigenvalue weighted by Gasteiger charge is 2.44. The molecular weight excluding hydrogens is 338 g/mol. The molecule has 1 aromatic rings. The Morgan fingerprint density at radius 3 is 2.84 bits per heavy atom. The number of carbonyl (C=O) groups excluding carboxylic acids is 2. The van der Waals surface area contributed by atoms with Gasteiger partial charge in [0.25, 0.3) is 5.91 Å². The molecule has 3 rings (SSSR count). The van der Waals surface area contributed by atoms with Gasteiger partial charge in [-0.05, 0) is 31.0 Å². The summed E-state index contributed by atoms with van der Waals surface area (Å²) in [4.78, 5) is 29.1. The van der Waals surface area contributed by atoms with E-state index in [9.17, 15) is 9.59 Å². The molecule has 6 heteroatoms. The summed E-state index contributed by atoms with van der Waals surface area (Å²) in [5.41, 5.74) is 2.20. The molecule has 0 fully saturated rings. The van der Waals surface area contributed by atoms with Gasteiger partial charge in [0.1, 0.15) is 0 Å². The van der Waals surface area contributed by atoms with Crippen LogP contribution in [0.2, 0.25) is 5.02 Å². The molecule has 3 amide bonds. The highest BCUT2D eigenvalue weighted by Crippen LogP contribution is 2.37. The standard InChI is InChI=1S/C19H22ClN3O2/c1-4-9-22-15-11-23(12(3)5-2)18(24)16(15)17(21-19(22)25)13-7-6-8-14(20)10-13/h4,6-8,10,12,17H,1,5,9,11H2,2-3H3,(H,21,25)/t12-,17-/m0/s1. The van der Waals surface area contributed by atoms with Crippen molar-refractivity contribution in [3.63, 3.8) is 0 Å². The number of rotatable bonds is 5. The first-order valence-electron chi connectivity index (χ1n) is 8.46. The van der Waals surface area contributed by atoms with Gasteiger partial charge in [-0.15, -0.1) is 6.58 Å². The number of amides is 3. The summed E-state index contributed by atoms with van der Waals surface area (Å²) in [6.45, 7) is 8.61. The normalized spacial score (nSPS) is 21.3. The van der Waals surface area contributed by atoms with Gasteiger partial charge in [0.05, 0.1) is 23.9 Å². The fraction of sp³-hybridized carbons (Fsp3) is 0.368. The lowest BCUT2D eigenvalue weighted by Crippen LogP contribution is -2.47. The van der Waals surface area contributed by atoms with Gasteiger partial charge in [0.15, 0.2) is 0 Å². The van der Waals surface area contributed by atoms with Crippen molar-refractivity contribution in [1.29, 1.82) is 0 Å². The Balaban J connectivity index is 2.07. The molecule has 2 aliphatic rings. The zero-order chi connectivity index (χ0) is 18.1. The molecule has 2 heterocycles. The van der Waals surface area contributed by atoms with E-state index in [1.807, 2.05) is 24.0 Å². The molecular formula is C19H22ClN3O2. The Labute approximate surface area is 152 Å². The summed E-state index contributed by atoms with van der Waals surface area (Å²) < 4.78 is 0. The van der Waals surface area contributed by atoms with E-state index >= 15 is 0 Å². The van der Waals surface area contributed by atoms with Gasteiger partial charge in [0, 0.05) is 17.6 Å². The van der Waals surface area contributed by atoms with Crippen LogP contribution in [0.3, 0.4) is 0 Å². The Bertz CT molecular complexity index is 759. The van der Waals surface area contributed by atoms with Crippen molar-refractivity contribution in [2.75, 3.05) is 13.1 Å². The average Bonchev–Trinajstić information content (AvgIpc) is 2.94. The highest BCUT2D eigenvalue weighted by atomic mass is 35.5. The van der Waals surface area contributed by atoms with Crippen molar-refractivity contribution in [3.05, 3.63) is 58.8 Å². The minimum absolute atomic E-state index is 0.0246. The third-order valence-electron chi connectivity index (χ3n) is 4.87. The SMILES string of the molecule is C=CCN1C(=O)N[C@@H](c2cccc(Cl)c2)C2=C1CN([C@@H](C)CC)C2=O. The molecule has 0 bridgehead atoms. The molecule has 0 aliphatic carbocycles. The van der Waals surface area contributed by atoms with E-state index in [1.54, 1.807) is 23.1 Å². The molecule has 0 saturated heterocycles. The molecule has 132 valence electrons. The maximum absolute atomic E-state index is 13.1. The molecule has 1 N–H and O–H groups in total. The van der Waals surface area contributed by atoms with Gasteiger partial charge < -0.3 is 10.2 Å². The number of benzene rings is 1. The summed E-state index contributed by atoms with van der Waals surface area (Å²) in [5, 5.41) is 3.52.